The summed E-state index contributed by atoms with van der Waals surface area (Å²) in [6, 6.07) is 8.83. The molecule has 1 fully saturated rings. The number of esters is 1. The highest BCUT2D eigenvalue weighted by Gasteiger charge is 2.53. The number of hydrogen-bond donors (Lipinski definition) is 3. The van der Waals surface area contributed by atoms with Gasteiger partial charge >= 0.3 is 5.97 Å². The summed E-state index contributed by atoms with van der Waals surface area (Å²) < 4.78 is 16.2. The van der Waals surface area contributed by atoms with E-state index in [1.165, 1.54) is 13.2 Å². The number of benzene rings is 2. The van der Waals surface area contributed by atoms with Crippen molar-refractivity contribution in [1.82, 2.24) is 10.6 Å². The Morgan fingerprint density at radius 1 is 1.24 bits per heavy atom. The molecule has 1 aliphatic rings. The highest BCUT2D eigenvalue weighted by atomic mass is 16.6. The van der Waals surface area contributed by atoms with Crippen molar-refractivity contribution in [3.63, 3.8) is 0 Å². The minimum atomic E-state index is -1.33. The molecule has 0 aliphatic carbocycles. The average molecular weight is 470 g/mol. The second kappa shape index (κ2) is 9.92. The number of rotatable bonds is 9. The molecule has 10 heteroatoms. The van der Waals surface area contributed by atoms with Crippen LogP contribution < -0.4 is 15.4 Å². The zero-order chi connectivity index (χ0) is 25.0. The third kappa shape index (κ3) is 5.34. The van der Waals surface area contributed by atoms with E-state index in [2.05, 4.69) is 10.6 Å². The van der Waals surface area contributed by atoms with E-state index in [1.54, 1.807) is 13.0 Å². The third-order valence-electron chi connectivity index (χ3n) is 5.47. The number of carbonyl (C=O) groups excluding carboxylic acids is 4. The van der Waals surface area contributed by atoms with Gasteiger partial charge in [0.1, 0.15) is 23.3 Å². The highest BCUT2D eigenvalue weighted by molar-refractivity contribution is 6.07. The van der Waals surface area contributed by atoms with Gasteiger partial charge in [-0.25, -0.2) is 4.79 Å². The molecule has 10 nitrogen and oxygen atoms in total. The molecule has 1 heterocycles. The standard InChI is InChI=1S/C24H26N2O8/c1-13-6-5-7-16-17(13)8-15(32-4)9-18(16)23(31)34-21(24(3)12-33-24)22(30)25-10-20(29)26-19(11-27)14(2)28/h5-9,11,21,27H,10,12H2,1-4H3,(H,25,30)(H,26,29)/b19-11+/t21-,24+/m1/s1. The maximum Gasteiger partial charge on any atom is 0.339 e. The number of epoxide rings is 1. The molecule has 0 radical (unpaired) electrons. The van der Waals surface area contributed by atoms with Gasteiger partial charge in [-0.3, -0.25) is 14.4 Å². The Hall–Kier alpha value is -3.92. The van der Waals surface area contributed by atoms with Crippen molar-refractivity contribution >= 4 is 34.3 Å². The first-order chi connectivity index (χ1) is 16.1. The molecule has 3 rings (SSSR count). The zero-order valence-electron chi connectivity index (χ0n) is 19.3. The van der Waals surface area contributed by atoms with Crippen molar-refractivity contribution in [2.75, 3.05) is 20.3 Å². The molecule has 2 aromatic carbocycles. The number of hydrogen-bond acceptors (Lipinski definition) is 8. The number of aliphatic hydroxyl groups excluding tert-OH is 1. The van der Waals surface area contributed by atoms with Crippen molar-refractivity contribution in [2.45, 2.75) is 32.5 Å². The van der Waals surface area contributed by atoms with E-state index in [9.17, 15) is 19.2 Å². The molecule has 2 aromatic rings. The predicted molar refractivity (Wildman–Crippen MR) is 121 cm³/mol. The minimum Gasteiger partial charge on any atom is -0.513 e. The summed E-state index contributed by atoms with van der Waals surface area (Å²) in [5.41, 5.74) is -0.210. The molecular weight excluding hydrogens is 444 g/mol. The van der Waals surface area contributed by atoms with Crippen LogP contribution in [0.15, 0.2) is 42.3 Å². The van der Waals surface area contributed by atoms with Crippen molar-refractivity contribution in [3.8, 4) is 5.75 Å². The molecule has 0 aromatic heterocycles. The number of fused-ring (bicyclic) bond motifs is 1. The van der Waals surface area contributed by atoms with E-state index in [-0.39, 0.29) is 17.9 Å². The van der Waals surface area contributed by atoms with Crippen LogP contribution in [0, 0.1) is 6.92 Å². The van der Waals surface area contributed by atoms with Crippen LogP contribution in [0.5, 0.6) is 5.75 Å². The Morgan fingerprint density at radius 2 is 1.94 bits per heavy atom. The highest BCUT2D eigenvalue weighted by Crippen LogP contribution is 2.34. The third-order valence-corrected chi connectivity index (χ3v) is 5.47. The number of methoxy groups -OCH3 is 1. The number of carbonyl (C=O) groups is 4. The van der Waals surface area contributed by atoms with Crippen LogP contribution in [0.3, 0.4) is 0 Å². The van der Waals surface area contributed by atoms with Gasteiger partial charge in [0.15, 0.2) is 5.78 Å². The van der Waals surface area contributed by atoms with Gasteiger partial charge < -0.3 is 30.0 Å². The van der Waals surface area contributed by atoms with Crippen molar-refractivity contribution in [3.05, 3.63) is 53.4 Å². The minimum absolute atomic E-state index is 0.185. The maximum atomic E-state index is 13.2. The Morgan fingerprint density at radius 3 is 2.53 bits per heavy atom. The second-order valence-electron chi connectivity index (χ2n) is 8.10. The first-order valence-electron chi connectivity index (χ1n) is 10.4. The number of allylic oxidation sites excluding steroid dienone is 1. The van der Waals surface area contributed by atoms with Gasteiger partial charge in [-0.2, -0.15) is 0 Å². The summed E-state index contributed by atoms with van der Waals surface area (Å²) in [6.45, 7) is 4.34. The summed E-state index contributed by atoms with van der Waals surface area (Å²) >= 11 is 0. The van der Waals surface area contributed by atoms with E-state index in [0.29, 0.717) is 17.4 Å². The molecule has 0 unspecified atom stereocenters. The lowest BCUT2D eigenvalue weighted by atomic mass is 10.00. The van der Waals surface area contributed by atoms with E-state index in [4.69, 9.17) is 19.3 Å². The quantitative estimate of drug-likeness (QED) is 0.217. The van der Waals surface area contributed by atoms with Gasteiger partial charge in [-0.15, -0.1) is 0 Å². The Kier molecular flexibility index (Phi) is 7.21. The molecule has 2 amide bonds. The Balaban J connectivity index is 1.78. The molecular formula is C24H26N2O8. The number of aliphatic hydroxyl groups is 1. The molecule has 1 aliphatic heterocycles. The van der Waals surface area contributed by atoms with Gasteiger partial charge in [0.2, 0.25) is 12.0 Å². The van der Waals surface area contributed by atoms with Crippen LogP contribution in [-0.4, -0.2) is 60.6 Å². The molecule has 180 valence electrons. The van der Waals surface area contributed by atoms with Crippen molar-refractivity contribution in [2.24, 2.45) is 0 Å². The normalized spacial score (nSPS) is 18.1. The van der Waals surface area contributed by atoms with Gasteiger partial charge in [-0.05, 0) is 42.3 Å². The molecule has 34 heavy (non-hydrogen) atoms. The first-order valence-corrected chi connectivity index (χ1v) is 10.4. The monoisotopic (exact) mass is 470 g/mol. The molecule has 0 spiro atoms. The Bertz CT molecular complexity index is 1180. The zero-order valence-corrected chi connectivity index (χ0v) is 19.3. The fraction of sp³-hybridized carbons (Fsp3) is 0.333. The SMILES string of the molecule is COc1cc(C(=O)O[C@H](C(=O)NCC(=O)N/C(=C/O)C(C)=O)[C@]2(C)CO2)c2cccc(C)c2c1. The van der Waals surface area contributed by atoms with Crippen LogP contribution >= 0.6 is 0 Å². The number of ketones is 1. The smallest absolute Gasteiger partial charge is 0.339 e. The second-order valence-corrected chi connectivity index (χ2v) is 8.10. The maximum absolute atomic E-state index is 13.2. The number of Topliss-reactive ketones (excluding diaryl/α,β-unsaturated/α-hetero) is 1. The Labute approximate surface area is 195 Å². The van der Waals surface area contributed by atoms with E-state index < -0.39 is 41.8 Å². The van der Waals surface area contributed by atoms with Crippen molar-refractivity contribution in [1.29, 1.82) is 0 Å². The predicted octanol–water partition coefficient (Wildman–Crippen LogP) is 1.69. The van der Waals surface area contributed by atoms with Crippen molar-refractivity contribution < 1.29 is 38.5 Å². The summed E-state index contributed by atoms with van der Waals surface area (Å²) in [4.78, 5) is 49.3. The first kappa shape index (κ1) is 24.7. The largest absolute Gasteiger partial charge is 0.513 e. The summed E-state index contributed by atoms with van der Waals surface area (Å²) in [6.07, 6.45) is -0.870. The molecule has 3 N–H and O–H groups in total. The van der Waals surface area contributed by atoms with Crippen LogP contribution in [0.1, 0.15) is 29.8 Å². The van der Waals surface area contributed by atoms with Crippen LogP contribution in [-0.2, 0) is 23.9 Å². The van der Waals surface area contributed by atoms with Gasteiger partial charge in [0.25, 0.3) is 5.91 Å². The molecule has 1 saturated heterocycles. The average Bonchev–Trinajstić information content (AvgIpc) is 3.56. The number of ether oxygens (including phenoxy) is 3. The summed E-state index contributed by atoms with van der Waals surface area (Å²) in [5.74, 6) is -2.35. The van der Waals surface area contributed by atoms with E-state index in [0.717, 1.165) is 17.9 Å². The molecule has 0 bridgehead atoms. The summed E-state index contributed by atoms with van der Waals surface area (Å²) in [5, 5.41) is 15.0. The van der Waals surface area contributed by atoms with E-state index in [1.807, 2.05) is 25.1 Å². The molecule has 2 atom stereocenters. The van der Waals surface area contributed by atoms with Crippen LogP contribution in [0.2, 0.25) is 0 Å². The number of aryl methyl sites for hydroxylation is 1. The lowest BCUT2D eigenvalue weighted by molar-refractivity contribution is -0.135. The fourth-order valence-corrected chi connectivity index (χ4v) is 3.35. The van der Waals surface area contributed by atoms with Gasteiger partial charge in [-0.1, -0.05) is 18.2 Å². The van der Waals surface area contributed by atoms with Gasteiger partial charge in [0, 0.05) is 6.92 Å². The lowest BCUT2D eigenvalue weighted by Crippen LogP contribution is -2.48. The van der Waals surface area contributed by atoms with Crippen LogP contribution in [0.25, 0.3) is 10.8 Å². The topological polar surface area (TPSA) is 144 Å². The lowest BCUT2D eigenvalue weighted by Gasteiger charge is -2.21. The van der Waals surface area contributed by atoms with Gasteiger partial charge in [0.05, 0.1) is 25.8 Å². The van der Waals surface area contributed by atoms with Crippen LogP contribution in [0.4, 0.5) is 0 Å². The van der Waals surface area contributed by atoms with E-state index >= 15 is 0 Å². The number of amides is 2. The number of nitrogens with one attached hydrogen (secondary N) is 2. The molecule has 0 saturated carbocycles. The summed E-state index contributed by atoms with van der Waals surface area (Å²) in [7, 11) is 1.48. The fourth-order valence-electron chi connectivity index (χ4n) is 3.35.